The average molecular weight is 496 g/mol. The number of nitrogens with one attached hydrogen (secondary N) is 2. The van der Waals surface area contributed by atoms with E-state index in [0.29, 0.717) is 40.2 Å². The van der Waals surface area contributed by atoms with Gasteiger partial charge in [-0.1, -0.05) is 35.9 Å². The number of hydrazone groups is 1. The molecule has 0 bridgehead atoms. The highest BCUT2D eigenvalue weighted by atomic mass is 35.5. The van der Waals surface area contributed by atoms with Gasteiger partial charge in [0.2, 0.25) is 0 Å². The van der Waals surface area contributed by atoms with Gasteiger partial charge in [0.05, 0.1) is 25.6 Å². The minimum atomic E-state index is -0.948. The maximum absolute atomic E-state index is 12.3. The molecule has 0 aliphatic carbocycles. The Bertz CT molecular complexity index is 1260. The van der Waals surface area contributed by atoms with Gasteiger partial charge in [-0.25, -0.2) is 5.43 Å². The number of carbonyl (C=O) groups is 2. The molecule has 0 heterocycles. The first-order valence-corrected chi connectivity index (χ1v) is 11.0. The molecular formula is C26H26ClN3O5. The Hall–Kier alpha value is -4.04. The van der Waals surface area contributed by atoms with Gasteiger partial charge in [0, 0.05) is 10.6 Å². The molecule has 0 atom stereocenters. The molecule has 3 rings (SSSR count). The Labute approximate surface area is 208 Å². The molecule has 0 aromatic heterocycles. The summed E-state index contributed by atoms with van der Waals surface area (Å²) in [5.41, 5.74) is 5.89. The number of nitrogens with zero attached hydrogens (tertiary/aromatic N) is 1. The summed E-state index contributed by atoms with van der Waals surface area (Å²) in [6, 6.07) is 18.0. The van der Waals surface area contributed by atoms with E-state index in [1.807, 2.05) is 31.2 Å². The number of aryl methyl sites for hydroxylation is 1. The van der Waals surface area contributed by atoms with Crippen LogP contribution in [0.3, 0.4) is 0 Å². The van der Waals surface area contributed by atoms with Crippen molar-refractivity contribution in [3.8, 4) is 17.2 Å². The summed E-state index contributed by atoms with van der Waals surface area (Å²) in [5, 5.41) is 6.87. The van der Waals surface area contributed by atoms with Gasteiger partial charge in [0.1, 0.15) is 12.4 Å². The molecular weight excluding hydrogens is 470 g/mol. The standard InChI is InChI=1S/C26H26ClN3O5/c1-16-7-5-6-8-19(16)15-35-23-11-9-18(13-24(23)34-4)17(2)29-30-26(32)25(31)28-21-14-20(27)10-12-22(21)33-3/h5-14H,15H2,1-4H3,(H,28,31)(H,30,32). The van der Waals surface area contributed by atoms with E-state index < -0.39 is 11.8 Å². The lowest BCUT2D eigenvalue weighted by atomic mass is 10.1. The van der Waals surface area contributed by atoms with Crippen molar-refractivity contribution in [1.29, 1.82) is 0 Å². The molecule has 9 heteroatoms. The number of carbonyl (C=O) groups excluding carboxylic acids is 2. The van der Waals surface area contributed by atoms with Crippen molar-refractivity contribution in [1.82, 2.24) is 5.43 Å². The Morgan fingerprint density at radius 2 is 1.63 bits per heavy atom. The molecule has 2 amide bonds. The Morgan fingerprint density at radius 1 is 0.914 bits per heavy atom. The zero-order chi connectivity index (χ0) is 25.4. The van der Waals surface area contributed by atoms with Crippen LogP contribution in [0.1, 0.15) is 23.6 Å². The minimum Gasteiger partial charge on any atom is -0.495 e. The fourth-order valence-electron chi connectivity index (χ4n) is 3.15. The first-order valence-electron chi connectivity index (χ1n) is 10.7. The van der Waals surface area contributed by atoms with Crippen LogP contribution in [0.2, 0.25) is 5.02 Å². The number of hydrogen-bond donors (Lipinski definition) is 2. The first-order chi connectivity index (χ1) is 16.8. The van der Waals surface area contributed by atoms with Gasteiger partial charge in [0.15, 0.2) is 11.5 Å². The van der Waals surface area contributed by atoms with Crippen molar-refractivity contribution in [2.45, 2.75) is 20.5 Å². The second-order valence-corrected chi connectivity index (χ2v) is 7.95. The summed E-state index contributed by atoms with van der Waals surface area (Å²) in [5.74, 6) is -0.405. The normalized spacial score (nSPS) is 10.9. The van der Waals surface area contributed by atoms with Gasteiger partial charge >= 0.3 is 11.8 Å². The number of anilines is 1. The van der Waals surface area contributed by atoms with Gasteiger partial charge < -0.3 is 19.5 Å². The van der Waals surface area contributed by atoms with Crippen molar-refractivity contribution < 1.29 is 23.8 Å². The summed E-state index contributed by atoms with van der Waals surface area (Å²) in [4.78, 5) is 24.5. The fourth-order valence-corrected chi connectivity index (χ4v) is 3.32. The highest BCUT2D eigenvalue weighted by Crippen LogP contribution is 2.30. The quantitative estimate of drug-likeness (QED) is 0.267. The minimum absolute atomic E-state index is 0.270. The van der Waals surface area contributed by atoms with Crippen molar-refractivity contribution in [3.05, 3.63) is 82.4 Å². The molecule has 3 aromatic rings. The lowest BCUT2D eigenvalue weighted by molar-refractivity contribution is -0.136. The fraction of sp³-hybridized carbons (Fsp3) is 0.192. The third-order valence-electron chi connectivity index (χ3n) is 5.17. The number of ether oxygens (including phenoxy) is 3. The molecule has 3 aromatic carbocycles. The largest absolute Gasteiger partial charge is 0.495 e. The number of hydrogen-bond acceptors (Lipinski definition) is 6. The van der Waals surface area contributed by atoms with E-state index in [1.54, 1.807) is 44.4 Å². The van der Waals surface area contributed by atoms with Crippen LogP contribution >= 0.6 is 11.6 Å². The molecule has 2 N–H and O–H groups in total. The van der Waals surface area contributed by atoms with Gasteiger partial charge in [-0.15, -0.1) is 0 Å². The first kappa shape index (κ1) is 25.6. The van der Waals surface area contributed by atoms with Crippen molar-refractivity contribution in [3.63, 3.8) is 0 Å². The topological polar surface area (TPSA) is 98.2 Å². The van der Waals surface area contributed by atoms with E-state index >= 15 is 0 Å². The maximum atomic E-state index is 12.3. The highest BCUT2D eigenvalue weighted by molar-refractivity contribution is 6.40. The zero-order valence-corrected chi connectivity index (χ0v) is 20.6. The molecule has 182 valence electrons. The van der Waals surface area contributed by atoms with Gasteiger partial charge in [-0.2, -0.15) is 5.10 Å². The van der Waals surface area contributed by atoms with Crippen LogP contribution in [-0.2, 0) is 16.2 Å². The third-order valence-corrected chi connectivity index (χ3v) is 5.40. The van der Waals surface area contributed by atoms with E-state index in [9.17, 15) is 9.59 Å². The Balaban J connectivity index is 1.65. The van der Waals surface area contributed by atoms with Crippen LogP contribution in [0.15, 0.2) is 65.8 Å². The SMILES string of the molecule is COc1ccc(Cl)cc1NC(=O)C(=O)NN=C(C)c1ccc(OCc2ccccc2C)c(OC)c1. The molecule has 0 spiro atoms. The molecule has 0 fully saturated rings. The van der Waals surface area contributed by atoms with E-state index in [1.165, 1.54) is 13.2 Å². The van der Waals surface area contributed by atoms with Crippen LogP contribution < -0.4 is 25.0 Å². The molecule has 0 radical (unpaired) electrons. The second kappa shape index (κ2) is 11.9. The summed E-state index contributed by atoms with van der Waals surface area (Å²) in [6.07, 6.45) is 0. The predicted molar refractivity (Wildman–Crippen MR) is 135 cm³/mol. The van der Waals surface area contributed by atoms with Crippen LogP contribution in [0, 0.1) is 6.92 Å². The number of methoxy groups -OCH3 is 2. The number of benzene rings is 3. The molecule has 8 nitrogen and oxygen atoms in total. The van der Waals surface area contributed by atoms with Crippen LogP contribution in [-0.4, -0.2) is 31.7 Å². The number of halogens is 1. The van der Waals surface area contributed by atoms with Crippen molar-refractivity contribution in [2.75, 3.05) is 19.5 Å². The van der Waals surface area contributed by atoms with Crippen molar-refractivity contribution >= 4 is 34.8 Å². The van der Waals surface area contributed by atoms with Crippen molar-refractivity contribution in [2.24, 2.45) is 5.10 Å². The summed E-state index contributed by atoms with van der Waals surface area (Å²) in [6.45, 7) is 4.12. The molecule has 0 unspecified atom stereocenters. The smallest absolute Gasteiger partial charge is 0.329 e. The average Bonchev–Trinajstić information content (AvgIpc) is 2.86. The van der Waals surface area contributed by atoms with Gasteiger partial charge in [-0.05, 0) is 61.4 Å². The highest BCUT2D eigenvalue weighted by Gasteiger charge is 2.16. The maximum Gasteiger partial charge on any atom is 0.329 e. The van der Waals surface area contributed by atoms with Crippen LogP contribution in [0.4, 0.5) is 5.69 Å². The molecule has 0 aliphatic heterocycles. The molecule has 0 saturated carbocycles. The van der Waals surface area contributed by atoms with E-state index in [-0.39, 0.29) is 5.69 Å². The number of amides is 2. The Kier molecular flexibility index (Phi) is 8.69. The van der Waals surface area contributed by atoms with Crippen LogP contribution in [0.25, 0.3) is 0 Å². The van der Waals surface area contributed by atoms with E-state index in [2.05, 4.69) is 15.8 Å². The third kappa shape index (κ3) is 6.74. The molecule has 0 aliphatic rings. The lowest BCUT2D eigenvalue weighted by Gasteiger charge is -2.13. The van der Waals surface area contributed by atoms with Crippen LogP contribution in [0.5, 0.6) is 17.2 Å². The lowest BCUT2D eigenvalue weighted by Crippen LogP contribution is -2.33. The monoisotopic (exact) mass is 495 g/mol. The summed E-state index contributed by atoms with van der Waals surface area (Å²) in [7, 11) is 2.99. The Morgan fingerprint density at radius 3 is 2.34 bits per heavy atom. The molecule has 0 saturated heterocycles. The molecule has 35 heavy (non-hydrogen) atoms. The van der Waals surface area contributed by atoms with Gasteiger partial charge in [0.25, 0.3) is 0 Å². The predicted octanol–water partition coefficient (Wildman–Crippen LogP) is 4.72. The van der Waals surface area contributed by atoms with E-state index in [4.69, 9.17) is 25.8 Å². The van der Waals surface area contributed by atoms with E-state index in [0.717, 1.165) is 11.1 Å². The zero-order valence-electron chi connectivity index (χ0n) is 19.8. The second-order valence-electron chi connectivity index (χ2n) is 7.52. The van der Waals surface area contributed by atoms with Gasteiger partial charge in [-0.3, -0.25) is 9.59 Å². The summed E-state index contributed by atoms with van der Waals surface area (Å²) >= 11 is 5.95. The summed E-state index contributed by atoms with van der Waals surface area (Å²) < 4.78 is 16.6. The number of rotatable bonds is 8.